The van der Waals surface area contributed by atoms with Crippen LogP contribution in [-0.4, -0.2) is 27.5 Å². The Bertz CT molecular complexity index is 736. The summed E-state index contributed by atoms with van der Waals surface area (Å²) in [4.78, 5) is 12.3. The molecule has 2 aromatic rings. The van der Waals surface area contributed by atoms with Crippen LogP contribution in [0.4, 0.5) is 0 Å². The third-order valence-corrected chi connectivity index (χ3v) is 3.66. The average Bonchev–Trinajstić information content (AvgIpc) is 2.89. The largest absolute Gasteiger partial charge is 0.478 e. The van der Waals surface area contributed by atoms with Crippen molar-refractivity contribution in [3.8, 4) is 5.75 Å². The smallest absolute Gasteiger partial charge is 0.283 e. The number of aromatic nitrogens is 2. The fourth-order valence-electron chi connectivity index (χ4n) is 1.96. The molecule has 128 valence electrons. The molecule has 1 aromatic heterocycles. The van der Waals surface area contributed by atoms with E-state index in [-0.39, 0.29) is 5.91 Å². The molecule has 0 saturated heterocycles. The van der Waals surface area contributed by atoms with Crippen molar-refractivity contribution < 1.29 is 9.53 Å². The van der Waals surface area contributed by atoms with E-state index < -0.39 is 5.60 Å². The summed E-state index contributed by atoms with van der Waals surface area (Å²) >= 11 is 5.84. The molecule has 0 fully saturated rings. The summed E-state index contributed by atoms with van der Waals surface area (Å²) in [5.74, 6) is 0.206. The highest BCUT2D eigenvalue weighted by atomic mass is 35.5. The first-order valence-electron chi connectivity index (χ1n) is 7.64. The molecule has 2 rings (SSSR count). The molecule has 0 aliphatic rings. The number of halogens is 1. The van der Waals surface area contributed by atoms with E-state index in [0.717, 1.165) is 17.8 Å². The van der Waals surface area contributed by atoms with Crippen LogP contribution < -0.4 is 10.2 Å². The van der Waals surface area contributed by atoms with Gasteiger partial charge < -0.3 is 4.74 Å². The summed E-state index contributed by atoms with van der Waals surface area (Å²) in [7, 11) is 0. The maximum absolute atomic E-state index is 12.3. The first-order valence-corrected chi connectivity index (χ1v) is 8.01. The first-order chi connectivity index (χ1) is 11.3. The molecule has 6 nitrogen and oxygen atoms in total. The molecule has 1 heterocycles. The number of nitrogens with zero attached hydrogens (tertiary/aromatic N) is 3. The number of benzene rings is 1. The SMILES string of the molecule is CCn1cc(/C=N/NC(=O)C(C)(C)Oc2ccc(Cl)cc2)c(C)n1. The molecule has 24 heavy (non-hydrogen) atoms. The Morgan fingerprint density at radius 3 is 2.67 bits per heavy atom. The van der Waals surface area contributed by atoms with Gasteiger partial charge in [0, 0.05) is 23.3 Å². The molecule has 0 spiro atoms. The first kappa shape index (κ1) is 18.0. The van der Waals surface area contributed by atoms with Gasteiger partial charge in [0.25, 0.3) is 5.91 Å². The van der Waals surface area contributed by atoms with E-state index in [9.17, 15) is 4.79 Å². The summed E-state index contributed by atoms with van der Waals surface area (Å²) in [5, 5.41) is 8.92. The number of hydrazone groups is 1. The second-order valence-corrected chi connectivity index (χ2v) is 6.23. The highest BCUT2D eigenvalue weighted by molar-refractivity contribution is 6.30. The minimum atomic E-state index is -1.08. The third kappa shape index (κ3) is 4.58. The quantitative estimate of drug-likeness (QED) is 0.644. The van der Waals surface area contributed by atoms with Crippen molar-refractivity contribution in [2.24, 2.45) is 5.10 Å². The summed E-state index contributed by atoms with van der Waals surface area (Å²) in [6.07, 6.45) is 3.45. The maximum atomic E-state index is 12.3. The number of rotatable bonds is 6. The number of ether oxygens (including phenoxy) is 1. The molecule has 1 N–H and O–H groups in total. The van der Waals surface area contributed by atoms with E-state index in [4.69, 9.17) is 16.3 Å². The lowest BCUT2D eigenvalue weighted by atomic mass is 10.1. The molecular weight excluding hydrogens is 328 g/mol. The molecule has 1 aromatic carbocycles. The van der Waals surface area contributed by atoms with Crippen LogP contribution in [0.25, 0.3) is 0 Å². The Balaban J connectivity index is 1.98. The van der Waals surface area contributed by atoms with Crippen LogP contribution in [0.5, 0.6) is 5.75 Å². The molecule has 0 saturated carbocycles. The normalized spacial score (nSPS) is 11.7. The average molecular weight is 349 g/mol. The summed E-state index contributed by atoms with van der Waals surface area (Å²) in [6.45, 7) is 8.03. The summed E-state index contributed by atoms with van der Waals surface area (Å²) < 4.78 is 7.52. The lowest BCUT2D eigenvalue weighted by molar-refractivity contribution is -0.134. The van der Waals surface area contributed by atoms with E-state index in [1.807, 2.05) is 24.7 Å². The lowest BCUT2D eigenvalue weighted by Gasteiger charge is -2.24. The van der Waals surface area contributed by atoms with E-state index in [0.29, 0.717) is 10.8 Å². The standard InChI is InChI=1S/C17H21ClN4O2/c1-5-22-11-13(12(2)21-22)10-19-20-16(23)17(3,4)24-15-8-6-14(18)7-9-15/h6-11H,5H2,1-4H3,(H,20,23)/b19-10+. The van der Waals surface area contributed by atoms with Crippen molar-refractivity contribution >= 4 is 23.7 Å². The monoisotopic (exact) mass is 348 g/mol. The van der Waals surface area contributed by atoms with Crippen molar-refractivity contribution in [2.75, 3.05) is 0 Å². The minimum Gasteiger partial charge on any atom is -0.478 e. The molecule has 0 radical (unpaired) electrons. The predicted molar refractivity (Wildman–Crippen MR) is 94.5 cm³/mol. The van der Waals surface area contributed by atoms with Gasteiger partial charge in [0.05, 0.1) is 11.9 Å². The van der Waals surface area contributed by atoms with Gasteiger partial charge in [-0.15, -0.1) is 0 Å². The second-order valence-electron chi connectivity index (χ2n) is 5.79. The Morgan fingerprint density at radius 2 is 2.08 bits per heavy atom. The fourth-order valence-corrected chi connectivity index (χ4v) is 2.09. The summed E-state index contributed by atoms with van der Waals surface area (Å²) in [5.41, 5.74) is 3.13. The van der Waals surface area contributed by atoms with Crippen LogP contribution in [0.2, 0.25) is 5.02 Å². The van der Waals surface area contributed by atoms with Gasteiger partial charge in [-0.2, -0.15) is 10.2 Å². The highest BCUT2D eigenvalue weighted by Gasteiger charge is 2.29. The van der Waals surface area contributed by atoms with Crippen molar-refractivity contribution in [1.29, 1.82) is 0 Å². The van der Waals surface area contributed by atoms with Crippen molar-refractivity contribution in [1.82, 2.24) is 15.2 Å². The lowest BCUT2D eigenvalue weighted by Crippen LogP contribution is -2.44. The Kier molecular flexibility index (Phi) is 5.62. The molecule has 0 unspecified atom stereocenters. The van der Waals surface area contributed by atoms with Gasteiger partial charge in [-0.1, -0.05) is 11.6 Å². The molecule has 1 amide bonds. The van der Waals surface area contributed by atoms with E-state index in [1.165, 1.54) is 0 Å². The summed E-state index contributed by atoms with van der Waals surface area (Å²) in [6, 6.07) is 6.83. The second kappa shape index (κ2) is 7.49. The van der Waals surface area contributed by atoms with E-state index in [1.54, 1.807) is 44.3 Å². The Hall–Kier alpha value is -2.34. The Morgan fingerprint density at radius 1 is 1.42 bits per heavy atom. The van der Waals surface area contributed by atoms with Crippen LogP contribution in [0.3, 0.4) is 0 Å². The zero-order valence-electron chi connectivity index (χ0n) is 14.2. The fraction of sp³-hybridized carbons (Fsp3) is 0.353. The van der Waals surface area contributed by atoms with Crippen LogP contribution >= 0.6 is 11.6 Å². The van der Waals surface area contributed by atoms with Gasteiger partial charge >= 0.3 is 0 Å². The van der Waals surface area contributed by atoms with Crippen LogP contribution in [-0.2, 0) is 11.3 Å². The number of carbonyl (C=O) groups is 1. The molecule has 0 aliphatic heterocycles. The van der Waals surface area contributed by atoms with Crippen molar-refractivity contribution in [3.05, 3.63) is 46.7 Å². The van der Waals surface area contributed by atoms with Crippen LogP contribution in [0, 0.1) is 6.92 Å². The highest BCUT2D eigenvalue weighted by Crippen LogP contribution is 2.21. The van der Waals surface area contributed by atoms with Crippen LogP contribution in [0.1, 0.15) is 32.0 Å². The van der Waals surface area contributed by atoms with Crippen molar-refractivity contribution in [2.45, 2.75) is 39.8 Å². The van der Waals surface area contributed by atoms with Gasteiger partial charge in [-0.05, 0) is 52.0 Å². The number of hydrogen-bond donors (Lipinski definition) is 1. The topological polar surface area (TPSA) is 68.5 Å². The number of amides is 1. The maximum Gasteiger partial charge on any atom is 0.283 e. The zero-order chi connectivity index (χ0) is 17.7. The molecule has 0 aliphatic carbocycles. The van der Waals surface area contributed by atoms with Gasteiger partial charge in [0.2, 0.25) is 0 Å². The van der Waals surface area contributed by atoms with Gasteiger partial charge in [-0.3, -0.25) is 9.48 Å². The predicted octanol–water partition coefficient (Wildman–Crippen LogP) is 3.17. The van der Waals surface area contributed by atoms with Gasteiger partial charge in [-0.25, -0.2) is 5.43 Å². The van der Waals surface area contributed by atoms with Gasteiger partial charge in [0.1, 0.15) is 5.75 Å². The number of hydrogen-bond acceptors (Lipinski definition) is 4. The van der Waals surface area contributed by atoms with Crippen LogP contribution in [0.15, 0.2) is 35.6 Å². The van der Waals surface area contributed by atoms with Crippen molar-refractivity contribution in [3.63, 3.8) is 0 Å². The number of aryl methyl sites for hydroxylation is 2. The molecule has 0 atom stereocenters. The molecule has 0 bridgehead atoms. The number of carbonyl (C=O) groups excluding carboxylic acids is 1. The molecule has 7 heteroatoms. The van der Waals surface area contributed by atoms with Gasteiger partial charge in [0.15, 0.2) is 5.60 Å². The number of nitrogens with one attached hydrogen (secondary N) is 1. The zero-order valence-corrected chi connectivity index (χ0v) is 15.0. The minimum absolute atomic E-state index is 0.353. The Labute approximate surface area is 146 Å². The van der Waals surface area contributed by atoms with E-state index >= 15 is 0 Å². The molecular formula is C17H21ClN4O2. The third-order valence-electron chi connectivity index (χ3n) is 3.41. The van der Waals surface area contributed by atoms with E-state index in [2.05, 4.69) is 15.6 Å².